The summed E-state index contributed by atoms with van der Waals surface area (Å²) in [5.74, 6) is 0. The van der Waals surface area contributed by atoms with Crippen LogP contribution in [0.25, 0.3) is 10.2 Å². The molecule has 2 unspecified atom stereocenters. The van der Waals surface area contributed by atoms with E-state index < -0.39 is 0 Å². The van der Waals surface area contributed by atoms with Crippen molar-refractivity contribution in [1.29, 1.82) is 0 Å². The third kappa shape index (κ3) is 3.21. The highest BCUT2D eigenvalue weighted by Gasteiger charge is 2.20. The summed E-state index contributed by atoms with van der Waals surface area (Å²) in [6.45, 7) is 0.453. The van der Waals surface area contributed by atoms with Crippen LogP contribution in [-0.4, -0.2) is 41.7 Å². The maximum Gasteiger partial charge on any atom is 0.151 e. The SMILES string of the molecule is COCC(N)C(CO)Sc1nc2ccccc2s1. The molecule has 18 heavy (non-hydrogen) atoms. The Morgan fingerprint density at radius 3 is 2.94 bits per heavy atom. The minimum absolute atomic E-state index is 0.0190. The lowest BCUT2D eigenvalue weighted by atomic mass is 10.2. The molecule has 0 saturated carbocycles. The number of fused-ring (bicyclic) bond motifs is 1. The average molecular weight is 284 g/mol. The molecule has 0 spiro atoms. The molecule has 2 atom stereocenters. The predicted molar refractivity (Wildman–Crippen MR) is 76.2 cm³/mol. The van der Waals surface area contributed by atoms with E-state index in [2.05, 4.69) is 4.98 Å². The number of thiazole rings is 1. The summed E-state index contributed by atoms with van der Waals surface area (Å²) < 4.78 is 7.10. The van der Waals surface area contributed by atoms with E-state index in [1.54, 1.807) is 18.4 Å². The normalized spacial score (nSPS) is 14.8. The quantitative estimate of drug-likeness (QED) is 0.791. The molecule has 0 aliphatic heterocycles. The Balaban J connectivity index is 2.11. The average Bonchev–Trinajstić information content (AvgIpc) is 2.78. The van der Waals surface area contributed by atoms with E-state index >= 15 is 0 Å². The molecule has 0 bridgehead atoms. The van der Waals surface area contributed by atoms with E-state index in [0.29, 0.717) is 6.61 Å². The maximum absolute atomic E-state index is 9.38. The van der Waals surface area contributed by atoms with Crippen LogP contribution in [0, 0.1) is 0 Å². The zero-order valence-electron chi connectivity index (χ0n) is 10.1. The Kier molecular flexibility index (Phi) is 4.96. The van der Waals surface area contributed by atoms with Gasteiger partial charge in [-0.05, 0) is 12.1 Å². The van der Waals surface area contributed by atoms with Crippen LogP contribution in [-0.2, 0) is 4.74 Å². The predicted octanol–water partition coefficient (Wildman–Crippen LogP) is 1.72. The molecule has 1 aromatic carbocycles. The van der Waals surface area contributed by atoms with Gasteiger partial charge in [0.05, 0.1) is 28.7 Å². The molecule has 0 amide bonds. The first kappa shape index (κ1) is 13.8. The smallest absolute Gasteiger partial charge is 0.151 e. The van der Waals surface area contributed by atoms with E-state index in [0.717, 1.165) is 14.6 Å². The molecule has 98 valence electrons. The van der Waals surface area contributed by atoms with E-state index in [-0.39, 0.29) is 17.9 Å². The lowest BCUT2D eigenvalue weighted by Crippen LogP contribution is -2.38. The molecule has 2 aromatic rings. The number of aromatic nitrogens is 1. The molecular weight excluding hydrogens is 268 g/mol. The molecule has 4 nitrogen and oxygen atoms in total. The number of para-hydroxylation sites is 1. The number of ether oxygens (including phenoxy) is 1. The molecule has 3 N–H and O–H groups in total. The van der Waals surface area contributed by atoms with Gasteiger partial charge in [0, 0.05) is 13.2 Å². The van der Waals surface area contributed by atoms with Gasteiger partial charge in [0.1, 0.15) is 0 Å². The molecule has 1 heterocycles. The van der Waals surface area contributed by atoms with Gasteiger partial charge in [-0.2, -0.15) is 0 Å². The van der Waals surface area contributed by atoms with E-state index in [1.165, 1.54) is 11.8 Å². The lowest BCUT2D eigenvalue weighted by molar-refractivity contribution is 0.167. The van der Waals surface area contributed by atoms with Crippen molar-refractivity contribution < 1.29 is 9.84 Å². The van der Waals surface area contributed by atoms with Gasteiger partial charge < -0.3 is 15.6 Å². The zero-order valence-corrected chi connectivity index (χ0v) is 11.7. The van der Waals surface area contributed by atoms with Gasteiger partial charge in [-0.1, -0.05) is 23.9 Å². The van der Waals surface area contributed by atoms with Crippen LogP contribution in [0.3, 0.4) is 0 Å². The fourth-order valence-electron chi connectivity index (χ4n) is 1.59. The van der Waals surface area contributed by atoms with Crippen LogP contribution in [0.15, 0.2) is 28.6 Å². The minimum Gasteiger partial charge on any atom is -0.395 e. The number of methoxy groups -OCH3 is 1. The number of nitrogens with two attached hydrogens (primary N) is 1. The fourth-order valence-corrected chi connectivity index (χ4v) is 3.86. The first-order chi connectivity index (χ1) is 8.74. The van der Waals surface area contributed by atoms with Gasteiger partial charge in [-0.15, -0.1) is 11.3 Å². The number of aliphatic hydroxyl groups excluding tert-OH is 1. The molecular formula is C12H16N2O2S2. The Bertz CT molecular complexity index is 471. The van der Waals surface area contributed by atoms with Crippen LogP contribution in [0.5, 0.6) is 0 Å². The van der Waals surface area contributed by atoms with Gasteiger partial charge in [0.2, 0.25) is 0 Å². The van der Waals surface area contributed by atoms with E-state index in [1.807, 2.05) is 24.3 Å². The van der Waals surface area contributed by atoms with Gasteiger partial charge in [-0.25, -0.2) is 4.98 Å². The summed E-state index contributed by atoms with van der Waals surface area (Å²) in [5.41, 5.74) is 6.94. The van der Waals surface area contributed by atoms with Crippen molar-refractivity contribution in [2.45, 2.75) is 15.6 Å². The highest BCUT2D eigenvalue weighted by Crippen LogP contribution is 2.32. The largest absolute Gasteiger partial charge is 0.395 e. The standard InChI is InChI=1S/C12H16N2O2S2/c1-16-7-8(13)11(6-15)18-12-14-9-4-2-3-5-10(9)17-12/h2-5,8,11,15H,6-7,13H2,1H3. The van der Waals surface area contributed by atoms with Gasteiger partial charge in [-0.3, -0.25) is 0 Å². The van der Waals surface area contributed by atoms with Crippen molar-refractivity contribution >= 4 is 33.3 Å². The highest BCUT2D eigenvalue weighted by molar-refractivity contribution is 8.01. The van der Waals surface area contributed by atoms with Crippen LogP contribution >= 0.6 is 23.1 Å². The third-order valence-electron chi connectivity index (χ3n) is 2.54. The first-order valence-corrected chi connectivity index (χ1v) is 7.32. The second kappa shape index (κ2) is 6.49. The molecule has 6 heteroatoms. The van der Waals surface area contributed by atoms with Crippen LogP contribution in [0.4, 0.5) is 0 Å². The summed E-state index contributed by atoms with van der Waals surface area (Å²) in [7, 11) is 1.61. The molecule has 0 saturated heterocycles. The first-order valence-electron chi connectivity index (χ1n) is 5.62. The summed E-state index contributed by atoms with van der Waals surface area (Å²) >= 11 is 3.14. The number of benzene rings is 1. The zero-order chi connectivity index (χ0) is 13.0. The summed E-state index contributed by atoms with van der Waals surface area (Å²) in [6, 6.07) is 7.79. The van der Waals surface area contributed by atoms with E-state index in [4.69, 9.17) is 10.5 Å². The van der Waals surface area contributed by atoms with Crippen LogP contribution < -0.4 is 5.73 Å². The highest BCUT2D eigenvalue weighted by atomic mass is 32.2. The van der Waals surface area contributed by atoms with Crippen molar-refractivity contribution in [1.82, 2.24) is 4.98 Å². The minimum atomic E-state index is -0.197. The monoisotopic (exact) mass is 284 g/mol. The molecule has 1 aromatic heterocycles. The van der Waals surface area contributed by atoms with Crippen molar-refractivity contribution in [3.8, 4) is 0 Å². The molecule has 0 aliphatic carbocycles. The number of aliphatic hydroxyl groups is 1. The van der Waals surface area contributed by atoms with Gasteiger partial charge >= 0.3 is 0 Å². The second-order valence-electron chi connectivity index (χ2n) is 3.91. The Hall–Kier alpha value is -0.660. The van der Waals surface area contributed by atoms with Crippen molar-refractivity contribution in [3.05, 3.63) is 24.3 Å². The summed E-state index contributed by atoms with van der Waals surface area (Å²) in [4.78, 5) is 4.52. The van der Waals surface area contributed by atoms with E-state index in [9.17, 15) is 5.11 Å². The Morgan fingerprint density at radius 2 is 2.28 bits per heavy atom. The number of nitrogens with zero attached hydrogens (tertiary/aromatic N) is 1. The summed E-state index contributed by atoms with van der Waals surface area (Å²) in [6.07, 6.45) is 0. The number of thioether (sulfide) groups is 1. The number of hydrogen-bond donors (Lipinski definition) is 2. The maximum atomic E-state index is 9.38. The third-order valence-corrected chi connectivity index (χ3v) is 5.01. The fraction of sp³-hybridized carbons (Fsp3) is 0.417. The Morgan fingerprint density at radius 1 is 1.50 bits per heavy atom. The van der Waals surface area contributed by atoms with Gasteiger partial charge in [0.25, 0.3) is 0 Å². The second-order valence-corrected chi connectivity index (χ2v) is 6.42. The van der Waals surface area contributed by atoms with Gasteiger partial charge in [0.15, 0.2) is 4.34 Å². The van der Waals surface area contributed by atoms with Crippen LogP contribution in [0.1, 0.15) is 0 Å². The lowest BCUT2D eigenvalue weighted by Gasteiger charge is -2.19. The topological polar surface area (TPSA) is 68.4 Å². The van der Waals surface area contributed by atoms with Crippen LogP contribution in [0.2, 0.25) is 0 Å². The van der Waals surface area contributed by atoms with Crippen molar-refractivity contribution in [2.75, 3.05) is 20.3 Å². The molecule has 2 rings (SSSR count). The molecule has 0 aliphatic rings. The molecule has 0 radical (unpaired) electrons. The number of rotatable bonds is 6. The summed E-state index contributed by atoms with van der Waals surface area (Å²) in [5, 5.41) is 9.29. The molecule has 0 fully saturated rings. The van der Waals surface area contributed by atoms with Crippen molar-refractivity contribution in [2.24, 2.45) is 5.73 Å². The van der Waals surface area contributed by atoms with Crippen molar-refractivity contribution in [3.63, 3.8) is 0 Å². The number of hydrogen-bond acceptors (Lipinski definition) is 6. The Labute approximate surface area is 114 Å².